The Morgan fingerprint density at radius 2 is 2.29 bits per heavy atom. The minimum Gasteiger partial charge on any atom is -0.330 e. The van der Waals surface area contributed by atoms with Crippen LogP contribution in [0.4, 0.5) is 4.39 Å². The van der Waals surface area contributed by atoms with Gasteiger partial charge < -0.3 is 10.3 Å². The number of benzene rings is 1. The van der Waals surface area contributed by atoms with Crippen molar-refractivity contribution in [1.82, 2.24) is 9.55 Å². The summed E-state index contributed by atoms with van der Waals surface area (Å²) < 4.78 is 15.0. The van der Waals surface area contributed by atoms with Gasteiger partial charge in [0.25, 0.3) is 0 Å². The minimum atomic E-state index is -0.264. The number of fused-ring (bicyclic) bond motifs is 1. The molecule has 2 aromatic rings. The number of aryl methyl sites for hydroxylation is 1. The number of hydrogen-bond acceptors (Lipinski definition) is 3. The van der Waals surface area contributed by atoms with Crippen molar-refractivity contribution in [1.29, 1.82) is 0 Å². The highest BCUT2D eigenvalue weighted by Gasteiger charge is 2.14. The Morgan fingerprint density at radius 1 is 1.53 bits per heavy atom. The smallest absolute Gasteiger partial charge is 0.126 e. The van der Waals surface area contributed by atoms with E-state index in [1.54, 1.807) is 17.8 Å². The summed E-state index contributed by atoms with van der Waals surface area (Å²) in [5.41, 5.74) is 7.68. The molecule has 0 aliphatic heterocycles. The molecule has 1 unspecified atom stereocenters. The van der Waals surface area contributed by atoms with E-state index in [1.165, 1.54) is 12.1 Å². The fourth-order valence-electron chi connectivity index (χ4n) is 1.90. The van der Waals surface area contributed by atoms with Gasteiger partial charge in [0.1, 0.15) is 11.6 Å². The predicted molar refractivity (Wildman–Crippen MR) is 70.6 cm³/mol. The normalized spacial score (nSPS) is 13.2. The molecule has 3 nitrogen and oxygen atoms in total. The highest BCUT2D eigenvalue weighted by molar-refractivity contribution is 7.98. The molecular weight excluding hydrogens is 237 g/mol. The van der Waals surface area contributed by atoms with Gasteiger partial charge in [-0.3, -0.25) is 0 Å². The average molecular weight is 253 g/mol. The number of nitrogens with zero attached hydrogens (tertiary/aromatic N) is 2. The van der Waals surface area contributed by atoms with E-state index in [0.717, 1.165) is 23.5 Å². The monoisotopic (exact) mass is 253 g/mol. The summed E-state index contributed by atoms with van der Waals surface area (Å²) in [6.45, 7) is 0. The van der Waals surface area contributed by atoms with Crippen molar-refractivity contribution in [3.63, 3.8) is 0 Å². The van der Waals surface area contributed by atoms with Crippen LogP contribution >= 0.6 is 11.8 Å². The van der Waals surface area contributed by atoms with Crippen LogP contribution in [0.25, 0.3) is 11.0 Å². The van der Waals surface area contributed by atoms with Crippen LogP contribution in [0.2, 0.25) is 0 Å². The van der Waals surface area contributed by atoms with E-state index in [0.29, 0.717) is 5.52 Å². The second kappa shape index (κ2) is 5.06. The first-order valence-electron chi connectivity index (χ1n) is 5.50. The molecule has 2 N–H and O–H groups in total. The molecule has 1 aromatic heterocycles. The molecule has 1 aromatic carbocycles. The summed E-state index contributed by atoms with van der Waals surface area (Å²) >= 11 is 1.76. The number of hydrogen-bond donors (Lipinski definition) is 1. The van der Waals surface area contributed by atoms with Gasteiger partial charge in [-0.15, -0.1) is 0 Å². The Kier molecular flexibility index (Phi) is 3.69. The van der Waals surface area contributed by atoms with Crippen LogP contribution in [0.1, 0.15) is 18.3 Å². The minimum absolute atomic E-state index is 0.0945. The lowest BCUT2D eigenvalue weighted by Gasteiger charge is -2.10. The summed E-state index contributed by atoms with van der Waals surface area (Å²) in [5.74, 6) is 1.55. The van der Waals surface area contributed by atoms with E-state index in [4.69, 9.17) is 5.73 Å². The molecular formula is C12H16FN3S. The van der Waals surface area contributed by atoms with Crippen molar-refractivity contribution in [2.75, 3.05) is 12.0 Å². The summed E-state index contributed by atoms with van der Waals surface area (Å²) in [7, 11) is 1.92. The Labute approximate surface area is 104 Å². The summed E-state index contributed by atoms with van der Waals surface area (Å²) in [5, 5.41) is 0. The fraction of sp³-hybridized carbons (Fsp3) is 0.417. The van der Waals surface area contributed by atoms with Gasteiger partial charge in [0.15, 0.2) is 0 Å². The van der Waals surface area contributed by atoms with Crippen molar-refractivity contribution >= 4 is 22.8 Å². The van der Waals surface area contributed by atoms with Gasteiger partial charge in [0, 0.05) is 13.1 Å². The molecule has 0 amide bonds. The van der Waals surface area contributed by atoms with Crippen LogP contribution < -0.4 is 5.73 Å². The molecule has 0 aliphatic carbocycles. The summed E-state index contributed by atoms with van der Waals surface area (Å²) in [6, 6.07) is 4.53. The van der Waals surface area contributed by atoms with E-state index in [1.807, 2.05) is 11.6 Å². The first-order chi connectivity index (χ1) is 8.13. The van der Waals surface area contributed by atoms with Crippen molar-refractivity contribution in [3.8, 4) is 0 Å². The Hall–Kier alpha value is -1.07. The van der Waals surface area contributed by atoms with Crippen LogP contribution in [-0.4, -0.2) is 21.6 Å². The molecule has 0 saturated carbocycles. The van der Waals surface area contributed by atoms with Crippen LogP contribution in [-0.2, 0) is 7.05 Å². The van der Waals surface area contributed by atoms with Gasteiger partial charge >= 0.3 is 0 Å². The lowest BCUT2D eigenvalue weighted by atomic mass is 10.2. The van der Waals surface area contributed by atoms with Crippen LogP contribution in [0.5, 0.6) is 0 Å². The van der Waals surface area contributed by atoms with Gasteiger partial charge in [-0.25, -0.2) is 9.37 Å². The maximum atomic E-state index is 13.1. The predicted octanol–water partition coefficient (Wildman–Crippen LogP) is 2.47. The third kappa shape index (κ3) is 2.45. The SMILES string of the molecule is CSCCC(N)c1nc2cc(F)ccc2n1C. The van der Waals surface area contributed by atoms with Crippen LogP contribution in [0.15, 0.2) is 18.2 Å². The molecule has 1 atom stereocenters. The van der Waals surface area contributed by atoms with Gasteiger partial charge in [-0.1, -0.05) is 0 Å². The molecule has 17 heavy (non-hydrogen) atoms. The molecule has 0 aliphatic rings. The number of imidazole rings is 1. The molecule has 2 rings (SSSR count). The third-order valence-corrected chi connectivity index (χ3v) is 3.49. The molecule has 0 fully saturated rings. The number of nitrogens with two attached hydrogens (primary N) is 1. The number of rotatable bonds is 4. The van der Waals surface area contributed by atoms with Gasteiger partial charge in [0.05, 0.1) is 17.1 Å². The van der Waals surface area contributed by atoms with E-state index in [9.17, 15) is 4.39 Å². The number of aromatic nitrogens is 2. The van der Waals surface area contributed by atoms with Crippen molar-refractivity contribution in [2.45, 2.75) is 12.5 Å². The molecule has 1 heterocycles. The van der Waals surface area contributed by atoms with Crippen molar-refractivity contribution < 1.29 is 4.39 Å². The first kappa shape index (κ1) is 12.4. The number of halogens is 1. The molecule has 0 bridgehead atoms. The summed E-state index contributed by atoms with van der Waals surface area (Å²) in [6.07, 6.45) is 2.93. The quantitative estimate of drug-likeness (QED) is 0.910. The second-order valence-corrected chi connectivity index (χ2v) is 5.04. The topological polar surface area (TPSA) is 43.8 Å². The molecule has 0 radical (unpaired) electrons. The van der Waals surface area contributed by atoms with Crippen LogP contribution in [0.3, 0.4) is 0 Å². The molecule has 5 heteroatoms. The molecule has 0 saturated heterocycles. The van der Waals surface area contributed by atoms with Crippen molar-refractivity contribution in [2.24, 2.45) is 12.8 Å². The lowest BCUT2D eigenvalue weighted by molar-refractivity contribution is 0.627. The largest absolute Gasteiger partial charge is 0.330 e. The second-order valence-electron chi connectivity index (χ2n) is 4.05. The van der Waals surface area contributed by atoms with Gasteiger partial charge in [0.2, 0.25) is 0 Å². The lowest BCUT2D eigenvalue weighted by Crippen LogP contribution is -2.16. The maximum absolute atomic E-state index is 13.1. The Balaban J connectivity index is 2.37. The fourth-order valence-corrected chi connectivity index (χ4v) is 2.39. The van der Waals surface area contributed by atoms with Crippen LogP contribution in [0, 0.1) is 5.82 Å². The average Bonchev–Trinajstić information content (AvgIpc) is 2.63. The Morgan fingerprint density at radius 3 is 3.00 bits per heavy atom. The van der Waals surface area contributed by atoms with E-state index in [2.05, 4.69) is 11.2 Å². The zero-order chi connectivity index (χ0) is 12.4. The van der Waals surface area contributed by atoms with E-state index >= 15 is 0 Å². The van der Waals surface area contributed by atoms with E-state index in [-0.39, 0.29) is 11.9 Å². The zero-order valence-corrected chi connectivity index (χ0v) is 10.8. The van der Waals surface area contributed by atoms with Crippen molar-refractivity contribution in [3.05, 3.63) is 29.8 Å². The number of thioether (sulfide) groups is 1. The molecule has 92 valence electrons. The third-order valence-electron chi connectivity index (χ3n) is 2.84. The maximum Gasteiger partial charge on any atom is 0.126 e. The first-order valence-corrected chi connectivity index (χ1v) is 6.89. The van der Waals surface area contributed by atoms with Gasteiger partial charge in [-0.2, -0.15) is 11.8 Å². The van der Waals surface area contributed by atoms with E-state index < -0.39 is 0 Å². The highest BCUT2D eigenvalue weighted by atomic mass is 32.2. The zero-order valence-electron chi connectivity index (χ0n) is 9.98. The summed E-state index contributed by atoms with van der Waals surface area (Å²) in [4.78, 5) is 4.41. The standard InChI is InChI=1S/C12H16FN3S/c1-16-11-4-3-8(13)7-10(11)15-12(16)9(14)5-6-17-2/h3-4,7,9H,5-6,14H2,1-2H3. The van der Waals surface area contributed by atoms with Gasteiger partial charge in [-0.05, 0) is 30.6 Å². The Bertz CT molecular complexity index is 524. The highest BCUT2D eigenvalue weighted by Crippen LogP contribution is 2.21. The molecule has 0 spiro atoms.